The van der Waals surface area contributed by atoms with Crippen LogP contribution in [0.15, 0.2) is 0 Å². The van der Waals surface area contributed by atoms with Gasteiger partial charge >= 0.3 is 12.0 Å². The van der Waals surface area contributed by atoms with E-state index in [0.717, 1.165) is 0 Å². The van der Waals surface area contributed by atoms with Gasteiger partial charge in [-0.2, -0.15) is 0 Å². The highest BCUT2D eigenvalue weighted by atomic mass is 16.5. The Labute approximate surface area is 114 Å². The molecule has 112 valence electrons. The van der Waals surface area contributed by atoms with E-state index in [1.807, 2.05) is 20.8 Å². The minimum atomic E-state index is -1.05. The first-order valence-electron chi connectivity index (χ1n) is 6.40. The molecule has 0 aliphatic carbocycles. The largest absolute Gasteiger partial charge is 0.480 e. The molecule has 0 aromatic carbocycles. The van der Waals surface area contributed by atoms with Crippen molar-refractivity contribution in [2.24, 2.45) is 5.41 Å². The van der Waals surface area contributed by atoms with Gasteiger partial charge in [-0.25, -0.2) is 9.59 Å². The summed E-state index contributed by atoms with van der Waals surface area (Å²) in [6, 6.07) is -1.45. The maximum atomic E-state index is 11.7. The van der Waals surface area contributed by atoms with Crippen LogP contribution in [0.5, 0.6) is 0 Å². The summed E-state index contributed by atoms with van der Waals surface area (Å²) in [4.78, 5) is 22.8. The Morgan fingerprint density at radius 1 is 1.21 bits per heavy atom. The molecule has 3 N–H and O–H groups in total. The van der Waals surface area contributed by atoms with Gasteiger partial charge < -0.3 is 20.5 Å². The minimum Gasteiger partial charge on any atom is -0.480 e. The fourth-order valence-electron chi connectivity index (χ4n) is 1.57. The summed E-state index contributed by atoms with van der Waals surface area (Å²) in [7, 11) is 0. The number of aliphatic carboxylic acids is 1. The summed E-state index contributed by atoms with van der Waals surface area (Å²) in [5, 5.41) is 14.2. The summed E-state index contributed by atoms with van der Waals surface area (Å²) >= 11 is 0. The van der Waals surface area contributed by atoms with Crippen LogP contribution in [0.1, 0.15) is 41.5 Å². The zero-order valence-corrected chi connectivity index (χ0v) is 12.7. The molecule has 0 aromatic rings. The molecule has 0 aliphatic rings. The zero-order chi connectivity index (χ0) is 15.3. The number of carboxylic acids is 1. The van der Waals surface area contributed by atoms with Crippen molar-refractivity contribution in [1.82, 2.24) is 10.6 Å². The van der Waals surface area contributed by atoms with Crippen LogP contribution in [0.3, 0.4) is 0 Å². The fourth-order valence-corrected chi connectivity index (χ4v) is 1.57. The van der Waals surface area contributed by atoms with Crippen molar-refractivity contribution in [2.75, 3.05) is 13.2 Å². The third-order valence-corrected chi connectivity index (χ3v) is 2.60. The van der Waals surface area contributed by atoms with E-state index in [-0.39, 0.29) is 0 Å². The topological polar surface area (TPSA) is 87.7 Å². The number of carbonyl (C=O) groups excluding carboxylic acids is 1. The Morgan fingerprint density at radius 3 is 2.11 bits per heavy atom. The number of ether oxygens (including phenoxy) is 1. The van der Waals surface area contributed by atoms with Gasteiger partial charge in [0.1, 0.15) is 6.04 Å². The van der Waals surface area contributed by atoms with Gasteiger partial charge in [0, 0.05) is 13.2 Å². The lowest BCUT2D eigenvalue weighted by Gasteiger charge is -2.29. The maximum absolute atomic E-state index is 11.7. The third kappa shape index (κ3) is 7.00. The zero-order valence-electron chi connectivity index (χ0n) is 12.7. The lowest BCUT2D eigenvalue weighted by atomic mass is 9.87. The molecule has 6 nitrogen and oxygen atoms in total. The minimum absolute atomic E-state index is 0.309. The molecule has 0 bridgehead atoms. The molecule has 1 atom stereocenters. The van der Waals surface area contributed by atoms with E-state index < -0.39 is 29.1 Å². The van der Waals surface area contributed by atoms with Crippen LogP contribution < -0.4 is 10.6 Å². The number of rotatable bonds is 6. The summed E-state index contributed by atoms with van der Waals surface area (Å²) in [5.41, 5.74) is -1.04. The molecule has 0 spiro atoms. The van der Waals surface area contributed by atoms with Gasteiger partial charge in [-0.05, 0) is 26.2 Å². The molecule has 6 heteroatoms. The van der Waals surface area contributed by atoms with Crippen LogP contribution in [0.2, 0.25) is 0 Å². The molecule has 0 unspecified atom stereocenters. The average molecular weight is 274 g/mol. The van der Waals surface area contributed by atoms with Crippen molar-refractivity contribution in [2.45, 2.75) is 53.2 Å². The number of nitrogens with one attached hydrogen (secondary N) is 2. The van der Waals surface area contributed by atoms with Crippen LogP contribution >= 0.6 is 0 Å². The van der Waals surface area contributed by atoms with Crippen molar-refractivity contribution in [3.8, 4) is 0 Å². The molecule has 2 amide bonds. The van der Waals surface area contributed by atoms with Gasteiger partial charge in [0.25, 0.3) is 0 Å². The number of carbonyl (C=O) groups is 2. The Balaban J connectivity index is 4.41. The first kappa shape index (κ1) is 17.7. The highest BCUT2D eigenvalue weighted by Gasteiger charge is 2.32. The van der Waals surface area contributed by atoms with Gasteiger partial charge in [0.05, 0.1) is 5.60 Å². The van der Waals surface area contributed by atoms with E-state index in [9.17, 15) is 9.59 Å². The second kappa shape index (κ2) is 6.75. The van der Waals surface area contributed by atoms with Gasteiger partial charge in [-0.15, -0.1) is 0 Å². The fraction of sp³-hybridized carbons (Fsp3) is 0.846. The number of hydrogen-bond acceptors (Lipinski definition) is 3. The van der Waals surface area contributed by atoms with Gasteiger partial charge in [-0.3, -0.25) is 0 Å². The van der Waals surface area contributed by atoms with Crippen LogP contribution in [0.25, 0.3) is 0 Å². The molecule has 0 rings (SSSR count). The molecule has 0 radical (unpaired) electrons. The molecular weight excluding hydrogens is 248 g/mol. The second-order valence-electron chi connectivity index (χ2n) is 6.16. The van der Waals surface area contributed by atoms with E-state index in [4.69, 9.17) is 9.84 Å². The molecular formula is C13H26N2O4. The Kier molecular flexibility index (Phi) is 6.29. The Morgan fingerprint density at radius 2 is 1.74 bits per heavy atom. The van der Waals surface area contributed by atoms with Gasteiger partial charge in [0.2, 0.25) is 0 Å². The van der Waals surface area contributed by atoms with Crippen molar-refractivity contribution >= 4 is 12.0 Å². The lowest BCUT2D eigenvalue weighted by Crippen LogP contribution is -2.54. The quantitative estimate of drug-likeness (QED) is 0.686. The highest BCUT2D eigenvalue weighted by molar-refractivity contribution is 5.83. The average Bonchev–Trinajstić information content (AvgIpc) is 2.21. The summed E-state index contributed by atoms with van der Waals surface area (Å²) in [5.74, 6) is -1.05. The van der Waals surface area contributed by atoms with E-state index in [0.29, 0.717) is 13.2 Å². The molecule has 0 saturated heterocycles. The third-order valence-electron chi connectivity index (χ3n) is 2.60. The van der Waals surface area contributed by atoms with E-state index >= 15 is 0 Å². The van der Waals surface area contributed by atoms with E-state index in [2.05, 4.69) is 10.6 Å². The van der Waals surface area contributed by atoms with E-state index in [1.165, 1.54) is 0 Å². The van der Waals surface area contributed by atoms with Gasteiger partial charge in [-0.1, -0.05) is 20.8 Å². The normalized spacial score (nSPS) is 13.8. The predicted molar refractivity (Wildman–Crippen MR) is 73.1 cm³/mol. The van der Waals surface area contributed by atoms with Crippen molar-refractivity contribution in [1.29, 1.82) is 0 Å². The predicted octanol–water partition coefficient (Wildman–Crippen LogP) is 1.60. The summed E-state index contributed by atoms with van der Waals surface area (Å²) in [6.07, 6.45) is 0. The number of carboxylic acid groups (broad SMARTS) is 1. The van der Waals surface area contributed by atoms with Crippen molar-refractivity contribution in [3.05, 3.63) is 0 Å². The first-order valence-corrected chi connectivity index (χ1v) is 6.40. The Hall–Kier alpha value is -1.30. The van der Waals surface area contributed by atoms with Crippen LogP contribution in [-0.4, -0.2) is 41.9 Å². The first-order chi connectivity index (χ1) is 8.49. The standard InChI is InChI=1S/C13H26N2O4/c1-7-19-13(5,6)8-14-11(18)15-9(10(16)17)12(2,3)4/h9H,7-8H2,1-6H3,(H,16,17)(H2,14,15,18)/t9-/m1/s1. The monoisotopic (exact) mass is 274 g/mol. The second-order valence-corrected chi connectivity index (χ2v) is 6.16. The Bertz CT molecular complexity index is 321. The summed E-state index contributed by atoms with van der Waals surface area (Å²) < 4.78 is 5.44. The van der Waals surface area contributed by atoms with Gasteiger partial charge in [0.15, 0.2) is 0 Å². The molecule has 0 heterocycles. The molecule has 0 aliphatic heterocycles. The number of amides is 2. The molecule has 0 fully saturated rings. The number of hydrogen-bond donors (Lipinski definition) is 3. The molecule has 0 aromatic heterocycles. The molecule has 19 heavy (non-hydrogen) atoms. The summed E-state index contributed by atoms with van der Waals surface area (Å²) in [6.45, 7) is 11.7. The maximum Gasteiger partial charge on any atom is 0.326 e. The smallest absolute Gasteiger partial charge is 0.326 e. The van der Waals surface area contributed by atoms with Crippen LogP contribution in [0.4, 0.5) is 4.79 Å². The van der Waals surface area contributed by atoms with Crippen LogP contribution in [0, 0.1) is 5.41 Å². The van der Waals surface area contributed by atoms with Crippen LogP contribution in [-0.2, 0) is 9.53 Å². The van der Waals surface area contributed by atoms with Crippen molar-refractivity contribution in [3.63, 3.8) is 0 Å². The van der Waals surface area contributed by atoms with E-state index in [1.54, 1.807) is 20.8 Å². The highest BCUT2D eigenvalue weighted by Crippen LogP contribution is 2.19. The number of urea groups is 1. The van der Waals surface area contributed by atoms with Crippen molar-refractivity contribution < 1.29 is 19.4 Å². The lowest BCUT2D eigenvalue weighted by molar-refractivity contribution is -0.141. The molecule has 0 saturated carbocycles. The SMILES string of the molecule is CCOC(C)(C)CNC(=O)N[C@H](C(=O)O)C(C)(C)C.